The van der Waals surface area contributed by atoms with Crippen LogP contribution in [0.3, 0.4) is 0 Å². The van der Waals surface area contributed by atoms with Gasteiger partial charge in [0.1, 0.15) is 4.21 Å². The van der Waals surface area contributed by atoms with Crippen molar-refractivity contribution in [3.63, 3.8) is 0 Å². The number of piperazine rings is 1. The molecule has 1 amide bonds. The second-order valence-electron chi connectivity index (χ2n) is 7.68. The third kappa shape index (κ3) is 5.12. The summed E-state index contributed by atoms with van der Waals surface area (Å²) >= 11 is 4.55. The summed E-state index contributed by atoms with van der Waals surface area (Å²) in [5, 5.41) is 3.20. The third-order valence-corrected chi connectivity index (χ3v) is 9.88. The quantitative estimate of drug-likeness (QED) is 0.707. The molecule has 1 aliphatic carbocycles. The van der Waals surface area contributed by atoms with Crippen molar-refractivity contribution in [3.05, 3.63) is 15.9 Å². The first kappa shape index (κ1) is 21.2. The molecule has 2 fully saturated rings. The van der Waals surface area contributed by atoms with Gasteiger partial charge in [-0.3, -0.25) is 9.69 Å². The molecular weight excluding hydrogens is 450 g/mol. The Morgan fingerprint density at radius 3 is 2.56 bits per heavy atom. The first-order valence-electron chi connectivity index (χ1n) is 9.54. The van der Waals surface area contributed by atoms with Crippen molar-refractivity contribution in [2.45, 2.75) is 43.4 Å². The number of rotatable bonds is 5. The molecule has 152 valence electrons. The summed E-state index contributed by atoms with van der Waals surface area (Å²) in [5.74, 6) is 1.21. The monoisotopic (exact) mass is 477 g/mol. The van der Waals surface area contributed by atoms with Gasteiger partial charge >= 0.3 is 0 Å². The maximum absolute atomic E-state index is 12.7. The summed E-state index contributed by atoms with van der Waals surface area (Å²) in [7, 11) is -3.43. The minimum Gasteiger partial charge on any atom is -0.352 e. The molecule has 1 saturated carbocycles. The Morgan fingerprint density at radius 2 is 1.93 bits per heavy atom. The summed E-state index contributed by atoms with van der Waals surface area (Å²) in [6.45, 7) is 6.82. The van der Waals surface area contributed by atoms with Crippen LogP contribution in [0.2, 0.25) is 0 Å². The number of nitrogens with one attached hydrogen (secondary N) is 1. The predicted molar refractivity (Wildman–Crippen MR) is 111 cm³/mol. The van der Waals surface area contributed by atoms with Crippen molar-refractivity contribution in [2.24, 2.45) is 11.8 Å². The molecule has 6 nitrogen and oxygen atoms in total. The van der Waals surface area contributed by atoms with Crippen LogP contribution >= 0.6 is 27.3 Å². The Morgan fingerprint density at radius 1 is 1.22 bits per heavy atom. The Bertz CT molecular complexity index is 760. The molecule has 0 spiro atoms. The molecule has 3 atom stereocenters. The number of hydrogen-bond acceptors (Lipinski definition) is 5. The Kier molecular flexibility index (Phi) is 7.00. The van der Waals surface area contributed by atoms with Crippen LogP contribution < -0.4 is 5.32 Å². The van der Waals surface area contributed by atoms with Gasteiger partial charge in [0.15, 0.2) is 0 Å². The van der Waals surface area contributed by atoms with Gasteiger partial charge in [0.25, 0.3) is 10.0 Å². The maximum Gasteiger partial charge on any atom is 0.252 e. The SMILES string of the molecule is C[C@H]1[C@H](C)CCC[C@@H]1NC(=O)CN1CCN(S(=O)(=O)c2ccc(Br)s2)CC1. The maximum atomic E-state index is 12.7. The zero-order valence-electron chi connectivity index (χ0n) is 15.9. The van der Waals surface area contributed by atoms with Gasteiger partial charge in [-0.2, -0.15) is 4.31 Å². The molecule has 2 heterocycles. The van der Waals surface area contributed by atoms with Crippen LogP contribution in [-0.2, 0) is 14.8 Å². The predicted octanol–water partition coefficient (Wildman–Crippen LogP) is 2.76. The zero-order chi connectivity index (χ0) is 19.6. The van der Waals surface area contributed by atoms with Gasteiger partial charge in [-0.15, -0.1) is 11.3 Å². The zero-order valence-corrected chi connectivity index (χ0v) is 19.1. The molecule has 1 saturated heterocycles. The van der Waals surface area contributed by atoms with Crippen molar-refractivity contribution < 1.29 is 13.2 Å². The molecule has 3 rings (SSSR count). The van der Waals surface area contributed by atoms with Crippen LogP contribution in [0.1, 0.15) is 33.1 Å². The number of carbonyl (C=O) groups excluding carboxylic acids is 1. The molecule has 27 heavy (non-hydrogen) atoms. The third-order valence-electron chi connectivity index (χ3n) is 5.89. The topological polar surface area (TPSA) is 69.7 Å². The Hall–Kier alpha value is -0.480. The van der Waals surface area contributed by atoms with Gasteiger partial charge in [0.2, 0.25) is 5.91 Å². The lowest BCUT2D eigenvalue weighted by atomic mass is 9.78. The minimum atomic E-state index is -3.43. The smallest absolute Gasteiger partial charge is 0.252 e. The average molecular weight is 478 g/mol. The summed E-state index contributed by atoms with van der Waals surface area (Å²) in [6, 6.07) is 3.65. The second-order valence-corrected chi connectivity index (χ2v) is 12.3. The van der Waals surface area contributed by atoms with E-state index >= 15 is 0 Å². The lowest BCUT2D eigenvalue weighted by Crippen LogP contribution is -2.52. The highest BCUT2D eigenvalue weighted by Crippen LogP contribution is 2.30. The van der Waals surface area contributed by atoms with Crippen LogP contribution in [0.5, 0.6) is 0 Å². The summed E-state index contributed by atoms with van der Waals surface area (Å²) < 4.78 is 28.0. The van der Waals surface area contributed by atoms with Crippen molar-refractivity contribution in [1.82, 2.24) is 14.5 Å². The summed E-state index contributed by atoms with van der Waals surface area (Å²) in [4.78, 5) is 14.5. The molecule has 1 aromatic rings. The summed E-state index contributed by atoms with van der Waals surface area (Å²) in [6.07, 6.45) is 3.47. The summed E-state index contributed by atoms with van der Waals surface area (Å²) in [5.41, 5.74) is 0. The van der Waals surface area contributed by atoms with Gasteiger partial charge in [-0.1, -0.05) is 26.7 Å². The minimum absolute atomic E-state index is 0.0550. The van der Waals surface area contributed by atoms with E-state index in [1.165, 1.54) is 28.5 Å². The Balaban J connectivity index is 1.48. The first-order chi connectivity index (χ1) is 12.8. The largest absolute Gasteiger partial charge is 0.352 e. The molecule has 0 bridgehead atoms. The van der Waals surface area contributed by atoms with E-state index in [9.17, 15) is 13.2 Å². The van der Waals surface area contributed by atoms with Crippen LogP contribution in [0.15, 0.2) is 20.1 Å². The van der Waals surface area contributed by atoms with Gasteiger partial charge in [0.05, 0.1) is 10.3 Å². The van der Waals surface area contributed by atoms with E-state index in [1.54, 1.807) is 12.1 Å². The highest BCUT2D eigenvalue weighted by molar-refractivity contribution is 9.11. The van der Waals surface area contributed by atoms with Crippen molar-refractivity contribution >= 4 is 43.2 Å². The number of nitrogens with zero attached hydrogens (tertiary/aromatic N) is 2. The van der Waals surface area contributed by atoms with E-state index in [2.05, 4.69) is 35.1 Å². The van der Waals surface area contributed by atoms with E-state index in [0.29, 0.717) is 48.8 Å². The lowest BCUT2D eigenvalue weighted by Gasteiger charge is -2.36. The van der Waals surface area contributed by atoms with E-state index < -0.39 is 10.0 Å². The molecule has 1 aromatic heterocycles. The van der Waals surface area contributed by atoms with E-state index in [-0.39, 0.29) is 11.9 Å². The molecule has 0 aromatic carbocycles. The number of amides is 1. The number of carbonyl (C=O) groups is 1. The number of halogens is 1. The van der Waals surface area contributed by atoms with E-state index in [4.69, 9.17) is 0 Å². The fourth-order valence-corrected chi connectivity index (χ4v) is 7.52. The van der Waals surface area contributed by atoms with Gasteiger partial charge in [-0.05, 0) is 46.3 Å². The molecule has 2 aliphatic rings. The highest BCUT2D eigenvalue weighted by atomic mass is 79.9. The molecule has 9 heteroatoms. The normalized spacial score (nSPS) is 28.2. The Labute approximate surface area is 174 Å². The van der Waals surface area contributed by atoms with Gasteiger partial charge in [0, 0.05) is 32.2 Å². The van der Waals surface area contributed by atoms with Crippen LogP contribution in [0.25, 0.3) is 0 Å². The molecule has 0 radical (unpaired) electrons. The van der Waals surface area contributed by atoms with Crippen LogP contribution in [0.4, 0.5) is 0 Å². The number of sulfonamides is 1. The molecule has 1 N–H and O–H groups in total. The van der Waals surface area contributed by atoms with Gasteiger partial charge in [-0.25, -0.2) is 8.42 Å². The molecular formula is C18H28BrN3O3S2. The van der Waals surface area contributed by atoms with E-state index in [1.807, 2.05) is 4.90 Å². The first-order valence-corrected chi connectivity index (χ1v) is 12.6. The number of hydrogen-bond donors (Lipinski definition) is 1. The second kappa shape index (κ2) is 8.90. The van der Waals surface area contributed by atoms with Crippen molar-refractivity contribution in [2.75, 3.05) is 32.7 Å². The van der Waals surface area contributed by atoms with E-state index in [0.717, 1.165) is 10.2 Å². The van der Waals surface area contributed by atoms with Crippen molar-refractivity contribution in [3.8, 4) is 0 Å². The average Bonchev–Trinajstić information content (AvgIpc) is 3.07. The fourth-order valence-electron chi connectivity index (χ4n) is 3.93. The highest BCUT2D eigenvalue weighted by Gasteiger charge is 2.31. The fraction of sp³-hybridized carbons (Fsp3) is 0.722. The van der Waals surface area contributed by atoms with Crippen LogP contribution in [-0.4, -0.2) is 62.3 Å². The molecule has 1 aliphatic heterocycles. The molecule has 0 unspecified atom stereocenters. The standard InChI is InChI=1S/C18H28BrN3O3S2/c1-13-4-3-5-15(14(13)2)20-17(23)12-21-8-10-22(11-9-21)27(24,25)18-7-6-16(19)26-18/h6-7,13-15H,3-5,8-12H2,1-2H3,(H,20,23)/t13-,14+,15+/m1/s1. The number of thiophene rings is 1. The van der Waals surface area contributed by atoms with Gasteiger partial charge < -0.3 is 5.32 Å². The van der Waals surface area contributed by atoms with Crippen molar-refractivity contribution in [1.29, 1.82) is 0 Å². The van der Waals surface area contributed by atoms with Crippen LogP contribution in [0, 0.1) is 11.8 Å². The lowest BCUT2D eigenvalue weighted by molar-refractivity contribution is -0.124.